The van der Waals surface area contributed by atoms with Crippen LogP contribution in [0.1, 0.15) is 29.8 Å². The zero-order chi connectivity index (χ0) is 13.2. The summed E-state index contributed by atoms with van der Waals surface area (Å²) in [6, 6.07) is 6.14. The summed E-state index contributed by atoms with van der Waals surface area (Å²) in [7, 11) is 0. The third kappa shape index (κ3) is 2.46. The molecule has 1 aliphatic rings. The van der Waals surface area contributed by atoms with Crippen LogP contribution in [-0.2, 0) is 25.9 Å². The molecule has 3 rings (SSSR count). The van der Waals surface area contributed by atoms with E-state index in [1.807, 2.05) is 19.1 Å². The fourth-order valence-electron chi connectivity index (χ4n) is 2.49. The first kappa shape index (κ1) is 12.2. The van der Waals surface area contributed by atoms with Gasteiger partial charge in [-0.05, 0) is 23.6 Å². The van der Waals surface area contributed by atoms with Crippen molar-refractivity contribution in [2.24, 2.45) is 0 Å². The topological polar surface area (TPSA) is 68.2 Å². The number of anilines is 1. The highest BCUT2D eigenvalue weighted by Crippen LogP contribution is 2.24. The van der Waals surface area contributed by atoms with Crippen LogP contribution in [0.15, 0.2) is 22.7 Å². The smallest absolute Gasteiger partial charge is 0.240 e. The van der Waals surface area contributed by atoms with Crippen LogP contribution >= 0.6 is 0 Å². The normalized spacial score (nSPS) is 15.4. The van der Waals surface area contributed by atoms with Gasteiger partial charge in [-0.15, -0.1) is 0 Å². The molecule has 0 saturated heterocycles. The molecule has 1 aromatic heterocycles. The summed E-state index contributed by atoms with van der Waals surface area (Å²) < 4.78 is 5.24. The number of hydrogen-bond acceptors (Lipinski definition) is 5. The van der Waals surface area contributed by atoms with Gasteiger partial charge in [-0.3, -0.25) is 4.90 Å². The van der Waals surface area contributed by atoms with Crippen LogP contribution in [0.3, 0.4) is 0 Å². The van der Waals surface area contributed by atoms with E-state index >= 15 is 0 Å². The number of nitrogen functional groups attached to an aromatic ring is 1. The number of nitrogens with zero attached hydrogens (tertiary/aromatic N) is 3. The first-order valence-electron chi connectivity index (χ1n) is 6.66. The average Bonchev–Trinajstić information content (AvgIpc) is 2.87. The molecule has 2 N–H and O–H groups in total. The van der Waals surface area contributed by atoms with Gasteiger partial charge in [0.05, 0.1) is 6.54 Å². The minimum Gasteiger partial charge on any atom is -0.398 e. The Morgan fingerprint density at radius 1 is 1.42 bits per heavy atom. The number of hydrogen-bond donors (Lipinski definition) is 1. The van der Waals surface area contributed by atoms with Gasteiger partial charge in [0.25, 0.3) is 0 Å². The summed E-state index contributed by atoms with van der Waals surface area (Å²) in [5.74, 6) is 1.46. The van der Waals surface area contributed by atoms with Crippen LogP contribution in [0, 0.1) is 0 Å². The fraction of sp³-hybridized carbons (Fsp3) is 0.429. The molecule has 0 saturated carbocycles. The van der Waals surface area contributed by atoms with Crippen LogP contribution < -0.4 is 5.73 Å². The van der Waals surface area contributed by atoms with Crippen molar-refractivity contribution in [2.45, 2.75) is 32.9 Å². The SMILES string of the molecule is CCc1noc(CN2CCc3cccc(N)c3C2)n1. The first-order valence-corrected chi connectivity index (χ1v) is 6.66. The Morgan fingerprint density at radius 3 is 3.11 bits per heavy atom. The molecule has 0 atom stereocenters. The van der Waals surface area contributed by atoms with Crippen molar-refractivity contribution >= 4 is 5.69 Å². The van der Waals surface area contributed by atoms with Crippen molar-refractivity contribution < 1.29 is 4.52 Å². The zero-order valence-electron chi connectivity index (χ0n) is 11.1. The molecule has 2 heterocycles. The molecule has 0 radical (unpaired) electrons. The second-order valence-electron chi connectivity index (χ2n) is 4.90. The van der Waals surface area contributed by atoms with Gasteiger partial charge in [0.1, 0.15) is 0 Å². The highest BCUT2D eigenvalue weighted by Gasteiger charge is 2.19. The Hall–Kier alpha value is -1.88. The highest BCUT2D eigenvalue weighted by molar-refractivity contribution is 5.51. The van der Waals surface area contributed by atoms with E-state index in [2.05, 4.69) is 21.1 Å². The molecule has 0 fully saturated rings. The van der Waals surface area contributed by atoms with Gasteiger partial charge in [0.2, 0.25) is 5.89 Å². The van der Waals surface area contributed by atoms with Gasteiger partial charge >= 0.3 is 0 Å². The third-order valence-electron chi connectivity index (χ3n) is 3.57. The van der Waals surface area contributed by atoms with Crippen molar-refractivity contribution in [2.75, 3.05) is 12.3 Å². The summed E-state index contributed by atoms with van der Waals surface area (Å²) >= 11 is 0. The van der Waals surface area contributed by atoms with Crippen LogP contribution in [0.25, 0.3) is 0 Å². The lowest BCUT2D eigenvalue weighted by Gasteiger charge is -2.28. The number of aromatic nitrogens is 2. The summed E-state index contributed by atoms with van der Waals surface area (Å²) in [6.07, 6.45) is 1.83. The van der Waals surface area contributed by atoms with E-state index in [9.17, 15) is 0 Å². The fourth-order valence-corrected chi connectivity index (χ4v) is 2.49. The molecule has 5 heteroatoms. The minimum absolute atomic E-state index is 0.690. The third-order valence-corrected chi connectivity index (χ3v) is 3.57. The van der Waals surface area contributed by atoms with Crippen LogP contribution in [0.2, 0.25) is 0 Å². The van der Waals surface area contributed by atoms with E-state index in [0.717, 1.165) is 37.4 Å². The van der Waals surface area contributed by atoms with Crippen LogP contribution in [-0.4, -0.2) is 21.6 Å². The molecule has 0 amide bonds. The molecular formula is C14H18N4O. The maximum absolute atomic E-state index is 6.04. The predicted octanol–water partition coefficient (Wildman–Crippen LogP) is 1.77. The van der Waals surface area contributed by atoms with E-state index in [4.69, 9.17) is 10.3 Å². The summed E-state index contributed by atoms with van der Waals surface area (Å²) in [4.78, 5) is 6.65. The van der Waals surface area contributed by atoms with Gasteiger partial charge in [-0.25, -0.2) is 0 Å². The summed E-state index contributed by atoms with van der Waals surface area (Å²) in [5.41, 5.74) is 9.52. The van der Waals surface area contributed by atoms with E-state index in [1.54, 1.807) is 0 Å². The predicted molar refractivity (Wildman–Crippen MR) is 72.3 cm³/mol. The van der Waals surface area contributed by atoms with Gasteiger partial charge in [-0.2, -0.15) is 4.98 Å². The van der Waals surface area contributed by atoms with Crippen molar-refractivity contribution in [1.82, 2.24) is 15.0 Å². The second kappa shape index (κ2) is 5.01. The number of aryl methyl sites for hydroxylation is 1. The average molecular weight is 258 g/mol. The van der Waals surface area contributed by atoms with Crippen molar-refractivity contribution in [3.05, 3.63) is 41.0 Å². The van der Waals surface area contributed by atoms with Gasteiger partial charge in [-0.1, -0.05) is 24.2 Å². The highest BCUT2D eigenvalue weighted by atomic mass is 16.5. The van der Waals surface area contributed by atoms with Crippen LogP contribution in [0.4, 0.5) is 5.69 Å². The Kier molecular flexibility index (Phi) is 3.21. The molecule has 0 unspecified atom stereocenters. The van der Waals surface area contributed by atoms with Gasteiger partial charge in [0.15, 0.2) is 5.82 Å². The van der Waals surface area contributed by atoms with E-state index in [-0.39, 0.29) is 0 Å². The lowest BCUT2D eigenvalue weighted by molar-refractivity contribution is 0.211. The van der Waals surface area contributed by atoms with Crippen molar-refractivity contribution in [1.29, 1.82) is 0 Å². The Bertz CT molecular complexity index is 579. The molecule has 5 nitrogen and oxygen atoms in total. The summed E-state index contributed by atoms with van der Waals surface area (Å²) in [5, 5.41) is 3.92. The number of rotatable bonds is 3. The van der Waals surface area contributed by atoms with E-state index in [1.165, 1.54) is 11.1 Å². The Labute approximate surface area is 112 Å². The maximum atomic E-state index is 6.04. The largest absolute Gasteiger partial charge is 0.398 e. The Balaban J connectivity index is 1.73. The molecule has 0 spiro atoms. The molecule has 0 aliphatic carbocycles. The maximum Gasteiger partial charge on any atom is 0.240 e. The molecule has 100 valence electrons. The number of benzene rings is 1. The van der Waals surface area contributed by atoms with E-state index < -0.39 is 0 Å². The van der Waals surface area contributed by atoms with Gasteiger partial charge in [0, 0.05) is 25.2 Å². The number of fused-ring (bicyclic) bond motifs is 1. The summed E-state index contributed by atoms with van der Waals surface area (Å²) in [6.45, 7) is 4.57. The monoisotopic (exact) mass is 258 g/mol. The quantitative estimate of drug-likeness (QED) is 0.850. The molecule has 0 bridgehead atoms. The number of nitrogens with two attached hydrogens (primary N) is 1. The van der Waals surface area contributed by atoms with Gasteiger partial charge < -0.3 is 10.3 Å². The standard InChI is InChI=1S/C14H18N4O/c1-2-13-16-14(19-17-13)9-18-7-6-10-4-3-5-12(15)11(10)8-18/h3-5H,2,6-9,15H2,1H3. The molecule has 1 aliphatic heterocycles. The zero-order valence-corrected chi connectivity index (χ0v) is 11.1. The molecular weight excluding hydrogens is 240 g/mol. The second-order valence-corrected chi connectivity index (χ2v) is 4.90. The lowest BCUT2D eigenvalue weighted by atomic mass is 9.98. The minimum atomic E-state index is 0.690. The lowest BCUT2D eigenvalue weighted by Crippen LogP contribution is -2.30. The molecule has 19 heavy (non-hydrogen) atoms. The van der Waals surface area contributed by atoms with Crippen LogP contribution in [0.5, 0.6) is 0 Å². The van der Waals surface area contributed by atoms with Crippen molar-refractivity contribution in [3.63, 3.8) is 0 Å². The Morgan fingerprint density at radius 2 is 2.32 bits per heavy atom. The van der Waals surface area contributed by atoms with Crippen molar-refractivity contribution in [3.8, 4) is 0 Å². The first-order chi connectivity index (χ1) is 9.26. The van der Waals surface area contributed by atoms with E-state index in [0.29, 0.717) is 12.4 Å². The molecule has 1 aromatic carbocycles. The molecule has 2 aromatic rings.